The third-order valence-electron chi connectivity index (χ3n) is 6.01. The number of rotatable bonds is 5. The van der Waals surface area contributed by atoms with E-state index >= 15 is 0 Å². The van der Waals surface area contributed by atoms with Crippen molar-refractivity contribution in [3.63, 3.8) is 0 Å². The van der Waals surface area contributed by atoms with Gasteiger partial charge in [-0.15, -0.1) is 0 Å². The van der Waals surface area contributed by atoms with E-state index in [1.54, 1.807) is 6.20 Å². The fraction of sp³-hybridized carbons (Fsp3) is 0.545. The molecule has 1 saturated heterocycles. The van der Waals surface area contributed by atoms with E-state index in [1.165, 1.54) is 16.9 Å². The van der Waals surface area contributed by atoms with Crippen LogP contribution >= 0.6 is 0 Å². The summed E-state index contributed by atoms with van der Waals surface area (Å²) < 4.78 is 10.8. The number of quaternary nitrogens is 1. The number of carbonyl (C=O) groups excluding carboxylic acids is 1. The van der Waals surface area contributed by atoms with Gasteiger partial charge in [-0.2, -0.15) is 5.26 Å². The molecule has 0 unspecified atom stereocenters. The smallest absolute Gasteiger partial charge is 0.263 e. The molecule has 7 heteroatoms. The highest BCUT2D eigenvalue weighted by Crippen LogP contribution is 2.32. The Balaban J connectivity index is 1.27. The van der Waals surface area contributed by atoms with Crippen LogP contribution in [0.3, 0.4) is 0 Å². The second-order valence-electron chi connectivity index (χ2n) is 8.11. The molecule has 0 spiro atoms. The second-order valence-corrected chi connectivity index (χ2v) is 8.11. The summed E-state index contributed by atoms with van der Waals surface area (Å²) in [6.07, 6.45) is 7.34. The summed E-state index contributed by atoms with van der Waals surface area (Å²) in [6.45, 7) is 4.83. The van der Waals surface area contributed by atoms with Crippen molar-refractivity contribution in [2.45, 2.75) is 44.7 Å². The molecular formula is C22H29N4O3+. The van der Waals surface area contributed by atoms with E-state index in [2.05, 4.69) is 28.4 Å². The standard InChI is InChI=1S/C22H28N4O3/c23-13-18(22(27)24-19-4-2-1-3-5-19)15-26-10-8-25(9-11-26)14-17-6-7-20-21(12-17)29-16-28-20/h6-7,12,15,19H,1-5,8-11,14,16H2,(H,24,27)/p+1/b18-15-. The summed E-state index contributed by atoms with van der Waals surface area (Å²) in [5.41, 5.74) is 1.45. The minimum atomic E-state index is -0.227. The fourth-order valence-corrected chi connectivity index (χ4v) is 4.32. The molecule has 1 aliphatic carbocycles. The Kier molecular flexibility index (Phi) is 6.20. The van der Waals surface area contributed by atoms with Gasteiger partial charge in [0.2, 0.25) is 6.79 Å². The molecule has 0 radical (unpaired) electrons. The number of benzene rings is 1. The van der Waals surface area contributed by atoms with Gasteiger partial charge in [-0.25, -0.2) is 0 Å². The van der Waals surface area contributed by atoms with E-state index in [4.69, 9.17) is 9.47 Å². The summed E-state index contributed by atoms with van der Waals surface area (Å²) in [6, 6.07) is 8.43. The van der Waals surface area contributed by atoms with Crippen LogP contribution in [0.25, 0.3) is 0 Å². The average Bonchev–Trinajstić information content (AvgIpc) is 3.22. The van der Waals surface area contributed by atoms with E-state index in [0.29, 0.717) is 6.79 Å². The molecule has 0 atom stereocenters. The van der Waals surface area contributed by atoms with Crippen LogP contribution in [-0.4, -0.2) is 49.8 Å². The average molecular weight is 397 g/mol. The summed E-state index contributed by atoms with van der Waals surface area (Å²) >= 11 is 0. The van der Waals surface area contributed by atoms with Crippen molar-refractivity contribution in [2.75, 3.05) is 33.0 Å². The minimum absolute atomic E-state index is 0.217. The highest BCUT2D eigenvalue weighted by molar-refractivity contribution is 5.97. The normalized spacial score (nSPS) is 20.4. The molecule has 1 aromatic rings. The van der Waals surface area contributed by atoms with Gasteiger partial charge >= 0.3 is 0 Å². The summed E-state index contributed by atoms with van der Waals surface area (Å²) in [4.78, 5) is 16.0. The van der Waals surface area contributed by atoms with Gasteiger partial charge in [0.25, 0.3) is 5.91 Å². The fourth-order valence-electron chi connectivity index (χ4n) is 4.32. The van der Waals surface area contributed by atoms with E-state index in [0.717, 1.165) is 69.9 Å². The maximum absolute atomic E-state index is 12.5. The van der Waals surface area contributed by atoms with Gasteiger partial charge in [-0.3, -0.25) is 4.79 Å². The quantitative estimate of drug-likeness (QED) is 0.572. The third-order valence-corrected chi connectivity index (χ3v) is 6.01. The van der Waals surface area contributed by atoms with Crippen molar-refractivity contribution in [1.29, 1.82) is 5.26 Å². The van der Waals surface area contributed by atoms with E-state index in [1.807, 2.05) is 6.07 Å². The lowest BCUT2D eigenvalue weighted by atomic mass is 9.95. The second kappa shape index (κ2) is 9.19. The van der Waals surface area contributed by atoms with Crippen molar-refractivity contribution in [3.05, 3.63) is 35.5 Å². The first-order valence-corrected chi connectivity index (χ1v) is 10.6. The zero-order valence-electron chi connectivity index (χ0n) is 16.8. The zero-order valence-corrected chi connectivity index (χ0v) is 16.8. The lowest BCUT2D eigenvalue weighted by Crippen LogP contribution is -3.13. The Morgan fingerprint density at radius 2 is 1.97 bits per heavy atom. The molecule has 3 aliphatic rings. The first-order valence-electron chi connectivity index (χ1n) is 10.6. The molecule has 2 aliphatic heterocycles. The maximum Gasteiger partial charge on any atom is 0.263 e. The number of nitrogens with one attached hydrogen (secondary N) is 2. The number of ether oxygens (including phenoxy) is 2. The van der Waals surface area contributed by atoms with Crippen LogP contribution in [0.15, 0.2) is 30.0 Å². The van der Waals surface area contributed by atoms with Crippen LogP contribution in [0, 0.1) is 11.3 Å². The molecular weight excluding hydrogens is 368 g/mol. The molecule has 29 heavy (non-hydrogen) atoms. The number of hydrogen-bond donors (Lipinski definition) is 2. The predicted octanol–water partition coefficient (Wildman–Crippen LogP) is 0.972. The first kappa shape index (κ1) is 19.6. The van der Waals surface area contributed by atoms with Crippen LogP contribution in [0.4, 0.5) is 0 Å². The molecule has 154 valence electrons. The van der Waals surface area contributed by atoms with Gasteiger partial charge < -0.3 is 24.6 Å². The van der Waals surface area contributed by atoms with E-state index in [-0.39, 0.29) is 17.5 Å². The van der Waals surface area contributed by atoms with Crippen molar-refractivity contribution in [1.82, 2.24) is 10.2 Å². The number of hydrogen-bond acceptors (Lipinski definition) is 5. The third kappa shape index (κ3) is 5.01. The minimum Gasteiger partial charge on any atom is -0.454 e. The highest BCUT2D eigenvalue weighted by Gasteiger charge is 2.23. The zero-order chi connectivity index (χ0) is 20.1. The van der Waals surface area contributed by atoms with Crippen LogP contribution in [0.2, 0.25) is 0 Å². The van der Waals surface area contributed by atoms with Crippen LogP contribution < -0.4 is 19.7 Å². The number of nitrogens with zero attached hydrogens (tertiary/aromatic N) is 2. The molecule has 0 bridgehead atoms. The topological polar surface area (TPSA) is 79.0 Å². The first-order chi connectivity index (χ1) is 14.2. The Hall–Kier alpha value is -2.72. The maximum atomic E-state index is 12.5. The lowest BCUT2D eigenvalue weighted by molar-refractivity contribution is -0.917. The Labute approximate surface area is 171 Å². The molecule has 1 amide bonds. The Morgan fingerprint density at radius 1 is 1.21 bits per heavy atom. The SMILES string of the molecule is N#C/C(=C/N1CC[NH+](Cc2ccc3c(c2)OCO3)CC1)C(=O)NC1CCCCC1. The molecule has 0 aromatic heterocycles. The lowest BCUT2D eigenvalue weighted by Gasteiger charge is -2.31. The molecule has 1 saturated carbocycles. The van der Waals surface area contributed by atoms with E-state index in [9.17, 15) is 10.1 Å². The van der Waals surface area contributed by atoms with Crippen LogP contribution in [0.1, 0.15) is 37.7 Å². The Morgan fingerprint density at radius 3 is 2.72 bits per heavy atom. The molecule has 2 fully saturated rings. The number of fused-ring (bicyclic) bond motifs is 1. The van der Waals surface area contributed by atoms with E-state index < -0.39 is 0 Å². The molecule has 4 rings (SSSR count). The highest BCUT2D eigenvalue weighted by atomic mass is 16.7. The predicted molar refractivity (Wildman–Crippen MR) is 107 cm³/mol. The summed E-state index contributed by atoms with van der Waals surface area (Å²) in [7, 11) is 0. The van der Waals surface area contributed by atoms with Crippen LogP contribution in [0.5, 0.6) is 11.5 Å². The summed E-state index contributed by atoms with van der Waals surface area (Å²) in [5.74, 6) is 1.41. The number of amides is 1. The van der Waals surface area contributed by atoms with Crippen molar-refractivity contribution < 1.29 is 19.2 Å². The molecule has 2 heterocycles. The van der Waals surface area contributed by atoms with Crippen molar-refractivity contribution in [2.24, 2.45) is 0 Å². The van der Waals surface area contributed by atoms with Gasteiger partial charge in [0.1, 0.15) is 18.2 Å². The molecule has 7 nitrogen and oxygen atoms in total. The summed E-state index contributed by atoms with van der Waals surface area (Å²) in [5, 5.41) is 12.5. The Bertz CT molecular complexity index is 803. The van der Waals surface area contributed by atoms with Gasteiger partial charge in [0.15, 0.2) is 11.5 Å². The van der Waals surface area contributed by atoms with Gasteiger partial charge in [0, 0.05) is 17.8 Å². The van der Waals surface area contributed by atoms with Crippen molar-refractivity contribution in [3.8, 4) is 17.6 Å². The number of piperazine rings is 1. The molecule has 2 N–H and O–H groups in total. The van der Waals surface area contributed by atoms with Gasteiger partial charge in [0.05, 0.1) is 26.2 Å². The molecule has 1 aromatic carbocycles. The number of nitriles is 1. The monoisotopic (exact) mass is 397 g/mol. The van der Waals surface area contributed by atoms with Crippen LogP contribution in [-0.2, 0) is 11.3 Å². The van der Waals surface area contributed by atoms with Gasteiger partial charge in [-0.1, -0.05) is 19.3 Å². The largest absolute Gasteiger partial charge is 0.454 e. The number of carbonyl (C=O) groups is 1. The van der Waals surface area contributed by atoms with Crippen molar-refractivity contribution >= 4 is 5.91 Å². The van der Waals surface area contributed by atoms with Gasteiger partial charge in [-0.05, 0) is 31.0 Å².